The van der Waals surface area contributed by atoms with Crippen molar-refractivity contribution in [2.45, 2.75) is 13.0 Å². The molecule has 24 heavy (non-hydrogen) atoms. The highest BCUT2D eigenvalue weighted by Crippen LogP contribution is 2.16. The second-order valence-electron chi connectivity index (χ2n) is 5.17. The summed E-state index contributed by atoms with van der Waals surface area (Å²) in [6.45, 7) is 1.79. The number of amides is 1. The Morgan fingerprint density at radius 3 is 2.62 bits per heavy atom. The number of hydrogen-bond acceptors (Lipinski definition) is 5. The third kappa shape index (κ3) is 3.88. The molecule has 0 spiro atoms. The second kappa shape index (κ2) is 7.10. The van der Waals surface area contributed by atoms with Gasteiger partial charge in [-0.15, -0.1) is 5.10 Å². The number of anilines is 2. The highest BCUT2D eigenvalue weighted by molar-refractivity contribution is 6.30. The van der Waals surface area contributed by atoms with Gasteiger partial charge in [-0.2, -0.15) is 0 Å². The van der Waals surface area contributed by atoms with Gasteiger partial charge in [0, 0.05) is 16.4 Å². The van der Waals surface area contributed by atoms with Gasteiger partial charge in [-0.1, -0.05) is 17.7 Å². The van der Waals surface area contributed by atoms with Crippen molar-refractivity contribution in [1.82, 2.24) is 20.2 Å². The molecule has 0 radical (unpaired) electrons. The van der Waals surface area contributed by atoms with E-state index in [1.165, 1.54) is 6.33 Å². The monoisotopic (exact) mass is 342 g/mol. The lowest BCUT2D eigenvalue weighted by Crippen LogP contribution is -2.31. The summed E-state index contributed by atoms with van der Waals surface area (Å²) in [5.74, 6) is -0.151. The average Bonchev–Trinajstić information content (AvgIpc) is 3.10. The van der Waals surface area contributed by atoms with Crippen molar-refractivity contribution in [2.24, 2.45) is 0 Å². The van der Waals surface area contributed by atoms with Gasteiger partial charge in [-0.25, -0.2) is 4.68 Å². The van der Waals surface area contributed by atoms with Crippen molar-refractivity contribution in [3.8, 4) is 5.69 Å². The molecule has 0 bridgehead atoms. The zero-order valence-corrected chi connectivity index (χ0v) is 13.6. The van der Waals surface area contributed by atoms with Gasteiger partial charge in [-0.05, 0) is 59.8 Å². The van der Waals surface area contributed by atoms with Crippen molar-refractivity contribution in [3.05, 3.63) is 59.9 Å². The minimum absolute atomic E-state index is 0.151. The van der Waals surface area contributed by atoms with E-state index in [1.54, 1.807) is 35.9 Å². The van der Waals surface area contributed by atoms with E-state index in [2.05, 4.69) is 26.2 Å². The molecule has 3 rings (SSSR count). The van der Waals surface area contributed by atoms with E-state index in [9.17, 15) is 4.79 Å². The molecule has 1 amide bonds. The van der Waals surface area contributed by atoms with Gasteiger partial charge in [-0.3, -0.25) is 4.79 Å². The number of tetrazole rings is 1. The smallest absolute Gasteiger partial charge is 0.246 e. The number of carbonyl (C=O) groups excluding carboxylic acids is 1. The molecule has 7 nitrogen and oxygen atoms in total. The predicted octanol–water partition coefficient (Wildman–Crippen LogP) is 2.75. The molecular weight excluding hydrogens is 328 g/mol. The van der Waals surface area contributed by atoms with Crippen LogP contribution in [0, 0.1) is 0 Å². The molecular formula is C16H15ClN6O. The lowest BCUT2D eigenvalue weighted by Gasteiger charge is -2.15. The van der Waals surface area contributed by atoms with E-state index in [1.807, 2.05) is 24.3 Å². The molecule has 0 unspecified atom stereocenters. The van der Waals surface area contributed by atoms with E-state index >= 15 is 0 Å². The van der Waals surface area contributed by atoms with E-state index in [0.29, 0.717) is 10.7 Å². The summed E-state index contributed by atoms with van der Waals surface area (Å²) in [4.78, 5) is 12.2. The first-order valence-electron chi connectivity index (χ1n) is 7.28. The quantitative estimate of drug-likeness (QED) is 0.744. The van der Waals surface area contributed by atoms with Gasteiger partial charge >= 0.3 is 0 Å². The van der Waals surface area contributed by atoms with E-state index in [0.717, 1.165) is 11.4 Å². The molecule has 1 atom stereocenters. The Morgan fingerprint density at radius 1 is 1.17 bits per heavy atom. The van der Waals surface area contributed by atoms with Gasteiger partial charge in [0.25, 0.3) is 0 Å². The van der Waals surface area contributed by atoms with Gasteiger partial charge in [0.2, 0.25) is 5.91 Å². The maximum absolute atomic E-state index is 12.2. The molecule has 0 aliphatic carbocycles. The summed E-state index contributed by atoms with van der Waals surface area (Å²) < 4.78 is 1.55. The van der Waals surface area contributed by atoms with Crippen molar-refractivity contribution in [2.75, 3.05) is 10.6 Å². The first-order valence-corrected chi connectivity index (χ1v) is 7.66. The maximum atomic E-state index is 12.2. The minimum Gasteiger partial charge on any atom is -0.374 e. The van der Waals surface area contributed by atoms with Crippen molar-refractivity contribution in [3.63, 3.8) is 0 Å². The van der Waals surface area contributed by atoms with Gasteiger partial charge in [0.05, 0.1) is 5.69 Å². The summed E-state index contributed by atoms with van der Waals surface area (Å²) >= 11 is 5.91. The lowest BCUT2D eigenvalue weighted by molar-refractivity contribution is -0.116. The molecule has 2 N–H and O–H groups in total. The highest BCUT2D eigenvalue weighted by atomic mass is 35.5. The number of rotatable bonds is 5. The van der Waals surface area contributed by atoms with Crippen LogP contribution in [0.15, 0.2) is 54.9 Å². The summed E-state index contributed by atoms with van der Waals surface area (Å²) in [7, 11) is 0. The van der Waals surface area contributed by atoms with Gasteiger partial charge in [0.15, 0.2) is 0 Å². The van der Waals surface area contributed by atoms with Crippen LogP contribution in [-0.2, 0) is 4.79 Å². The fraction of sp³-hybridized carbons (Fsp3) is 0.125. The standard InChI is InChI=1S/C16H15ClN6O/c1-11(16(24)20-14-4-2-3-12(17)9-14)19-13-5-7-15(8-6-13)23-10-18-21-22-23/h2-11,19H,1H3,(H,20,24)/t11-/m1/s1. The van der Waals surface area contributed by atoms with Crippen LogP contribution < -0.4 is 10.6 Å². The SMILES string of the molecule is C[C@@H](Nc1ccc(-n2cnnn2)cc1)C(=O)Nc1cccc(Cl)c1. The number of hydrogen-bond donors (Lipinski definition) is 2. The number of aromatic nitrogens is 4. The second-order valence-corrected chi connectivity index (χ2v) is 5.60. The fourth-order valence-electron chi connectivity index (χ4n) is 2.12. The molecule has 2 aromatic carbocycles. The number of nitrogens with one attached hydrogen (secondary N) is 2. The van der Waals surface area contributed by atoms with Crippen LogP contribution in [0.5, 0.6) is 0 Å². The summed E-state index contributed by atoms with van der Waals surface area (Å²) in [5.41, 5.74) is 2.32. The van der Waals surface area contributed by atoms with Crippen LogP contribution in [-0.4, -0.2) is 32.2 Å². The number of nitrogens with zero attached hydrogens (tertiary/aromatic N) is 4. The third-order valence-electron chi connectivity index (χ3n) is 3.35. The molecule has 3 aromatic rings. The number of carbonyl (C=O) groups is 1. The normalized spacial score (nSPS) is 11.8. The van der Waals surface area contributed by atoms with Crippen molar-refractivity contribution < 1.29 is 4.79 Å². The van der Waals surface area contributed by atoms with Crippen LogP contribution in [0.25, 0.3) is 5.69 Å². The molecule has 122 valence electrons. The van der Waals surface area contributed by atoms with Crippen LogP contribution in [0.2, 0.25) is 5.02 Å². The topological polar surface area (TPSA) is 84.7 Å². The Morgan fingerprint density at radius 2 is 1.96 bits per heavy atom. The van der Waals surface area contributed by atoms with Crippen LogP contribution in [0.4, 0.5) is 11.4 Å². The first-order chi connectivity index (χ1) is 11.6. The maximum Gasteiger partial charge on any atom is 0.246 e. The minimum atomic E-state index is -0.414. The average molecular weight is 343 g/mol. The molecule has 1 aromatic heterocycles. The summed E-state index contributed by atoms with van der Waals surface area (Å²) in [6, 6.07) is 14.1. The first kappa shape index (κ1) is 15.9. The van der Waals surface area contributed by atoms with Crippen LogP contribution in [0.3, 0.4) is 0 Å². The molecule has 0 saturated carbocycles. The zero-order chi connectivity index (χ0) is 16.9. The fourth-order valence-corrected chi connectivity index (χ4v) is 2.31. The molecule has 0 aliphatic heterocycles. The van der Waals surface area contributed by atoms with Gasteiger partial charge in [0.1, 0.15) is 12.4 Å². The molecule has 0 aliphatic rings. The number of benzene rings is 2. The van der Waals surface area contributed by atoms with E-state index in [4.69, 9.17) is 11.6 Å². The zero-order valence-electron chi connectivity index (χ0n) is 12.8. The van der Waals surface area contributed by atoms with Crippen molar-refractivity contribution in [1.29, 1.82) is 0 Å². The molecule has 1 heterocycles. The lowest BCUT2D eigenvalue weighted by atomic mass is 10.2. The Hall–Kier alpha value is -2.93. The summed E-state index contributed by atoms with van der Waals surface area (Å²) in [6.07, 6.45) is 1.52. The summed E-state index contributed by atoms with van der Waals surface area (Å²) in [5, 5.41) is 17.5. The highest BCUT2D eigenvalue weighted by Gasteiger charge is 2.13. The largest absolute Gasteiger partial charge is 0.374 e. The third-order valence-corrected chi connectivity index (χ3v) is 3.58. The Labute approximate surface area is 143 Å². The van der Waals surface area contributed by atoms with E-state index in [-0.39, 0.29) is 5.91 Å². The van der Waals surface area contributed by atoms with Crippen molar-refractivity contribution >= 4 is 28.9 Å². The Balaban J connectivity index is 1.61. The molecule has 0 saturated heterocycles. The van der Waals surface area contributed by atoms with Gasteiger partial charge < -0.3 is 10.6 Å². The van der Waals surface area contributed by atoms with E-state index < -0.39 is 6.04 Å². The Kier molecular flexibility index (Phi) is 4.72. The molecule has 8 heteroatoms. The van der Waals surface area contributed by atoms with Crippen LogP contribution in [0.1, 0.15) is 6.92 Å². The van der Waals surface area contributed by atoms with Crippen LogP contribution >= 0.6 is 11.6 Å². The molecule has 0 fully saturated rings. The Bertz CT molecular complexity index is 819. The number of halogens is 1. The predicted molar refractivity (Wildman–Crippen MR) is 92.3 cm³/mol.